The largest absolute Gasteiger partial charge is 0.466 e. The van der Waals surface area contributed by atoms with Crippen molar-refractivity contribution in [2.75, 3.05) is 0 Å². The van der Waals surface area contributed by atoms with Gasteiger partial charge in [0.25, 0.3) is 0 Å². The number of nitrogens with zero attached hydrogens (tertiary/aromatic N) is 3. The van der Waals surface area contributed by atoms with Crippen molar-refractivity contribution >= 4 is 0 Å². The third kappa shape index (κ3) is 3.51. The lowest BCUT2D eigenvalue weighted by molar-refractivity contribution is 0.448. The van der Waals surface area contributed by atoms with Crippen LogP contribution in [0.2, 0.25) is 0 Å². The van der Waals surface area contributed by atoms with Crippen LogP contribution in [0.3, 0.4) is 0 Å². The summed E-state index contributed by atoms with van der Waals surface area (Å²) in [5.74, 6) is 2.28. The summed E-state index contributed by atoms with van der Waals surface area (Å²) < 4.78 is 7.59. The lowest BCUT2D eigenvalue weighted by Crippen LogP contribution is -2.34. The van der Waals surface area contributed by atoms with Crippen LogP contribution in [0.1, 0.15) is 43.4 Å². The highest BCUT2D eigenvalue weighted by Crippen LogP contribution is 2.21. The van der Waals surface area contributed by atoms with Crippen molar-refractivity contribution in [1.82, 2.24) is 25.8 Å². The van der Waals surface area contributed by atoms with E-state index in [2.05, 4.69) is 35.0 Å². The minimum atomic E-state index is 0.315. The van der Waals surface area contributed by atoms with E-state index < -0.39 is 0 Å². The number of hydrogen-bond acceptors (Lipinski definition) is 5. The Balaban J connectivity index is 1.57. The van der Waals surface area contributed by atoms with Gasteiger partial charge >= 0.3 is 0 Å². The summed E-state index contributed by atoms with van der Waals surface area (Å²) in [5, 5.41) is 8.50. The second-order valence-corrected chi connectivity index (χ2v) is 6.11. The minimum Gasteiger partial charge on any atom is -0.466 e. The molecule has 2 aromatic rings. The fraction of sp³-hybridized carbons (Fsp3) is 0.600. The van der Waals surface area contributed by atoms with Crippen LogP contribution in [0.15, 0.2) is 22.7 Å². The Hall–Kier alpha value is -1.66. The third-order valence-corrected chi connectivity index (χ3v) is 3.93. The van der Waals surface area contributed by atoms with Crippen LogP contribution in [0.25, 0.3) is 0 Å². The van der Waals surface area contributed by atoms with Crippen molar-refractivity contribution in [3.63, 3.8) is 0 Å². The van der Waals surface area contributed by atoms with Gasteiger partial charge in [-0.25, -0.2) is 0 Å². The third-order valence-electron chi connectivity index (χ3n) is 3.93. The van der Waals surface area contributed by atoms with Gasteiger partial charge < -0.3 is 4.42 Å². The van der Waals surface area contributed by atoms with Gasteiger partial charge in [0.15, 0.2) is 0 Å². The highest BCUT2D eigenvalue weighted by Gasteiger charge is 2.21. The summed E-state index contributed by atoms with van der Waals surface area (Å²) in [7, 11) is 0. The average molecular weight is 289 g/mol. The molecule has 0 amide bonds. The quantitative estimate of drug-likeness (QED) is 0.878. The Kier molecular flexibility index (Phi) is 4.07. The molecule has 1 saturated heterocycles. The minimum absolute atomic E-state index is 0.315. The van der Waals surface area contributed by atoms with Crippen molar-refractivity contribution in [2.45, 2.75) is 58.2 Å². The van der Waals surface area contributed by atoms with Crippen LogP contribution in [-0.4, -0.2) is 27.1 Å². The Labute approximate surface area is 124 Å². The molecule has 0 aromatic carbocycles. The van der Waals surface area contributed by atoms with Crippen LogP contribution < -0.4 is 10.9 Å². The van der Waals surface area contributed by atoms with Crippen molar-refractivity contribution < 1.29 is 4.42 Å². The van der Waals surface area contributed by atoms with Gasteiger partial charge in [0.2, 0.25) is 0 Å². The van der Waals surface area contributed by atoms with Crippen LogP contribution in [0.5, 0.6) is 0 Å². The molecular formula is C15H23N5O. The predicted octanol–water partition coefficient (Wildman–Crippen LogP) is 1.78. The van der Waals surface area contributed by atoms with Gasteiger partial charge in [0.1, 0.15) is 11.5 Å². The first-order valence-electron chi connectivity index (χ1n) is 7.56. The van der Waals surface area contributed by atoms with E-state index >= 15 is 0 Å². The van der Waals surface area contributed by atoms with Crippen LogP contribution in [-0.2, 0) is 13.0 Å². The number of rotatable bonds is 5. The van der Waals surface area contributed by atoms with Crippen molar-refractivity contribution in [1.29, 1.82) is 0 Å². The van der Waals surface area contributed by atoms with Crippen molar-refractivity contribution in [2.24, 2.45) is 0 Å². The van der Waals surface area contributed by atoms with Crippen LogP contribution >= 0.6 is 0 Å². The Morgan fingerprint density at radius 3 is 2.95 bits per heavy atom. The van der Waals surface area contributed by atoms with Gasteiger partial charge in [-0.15, -0.1) is 5.10 Å². The number of furan rings is 1. The molecule has 114 valence electrons. The van der Waals surface area contributed by atoms with E-state index in [0.29, 0.717) is 18.0 Å². The second-order valence-electron chi connectivity index (χ2n) is 6.11. The maximum atomic E-state index is 5.67. The first-order chi connectivity index (χ1) is 10.1. The van der Waals surface area contributed by atoms with Gasteiger partial charge in [0.05, 0.1) is 12.2 Å². The summed E-state index contributed by atoms with van der Waals surface area (Å²) >= 11 is 0. The average Bonchev–Trinajstić information content (AvgIpc) is 3.13. The molecule has 2 N–H and O–H groups in total. The number of aryl methyl sites for hydroxylation is 1. The molecule has 0 aliphatic carbocycles. The smallest absolute Gasteiger partial charge is 0.107 e. The fourth-order valence-corrected chi connectivity index (χ4v) is 2.80. The normalized spacial score (nSPS) is 23.6. The zero-order valence-corrected chi connectivity index (χ0v) is 12.8. The van der Waals surface area contributed by atoms with E-state index in [4.69, 9.17) is 4.42 Å². The first kappa shape index (κ1) is 14.3. The highest BCUT2D eigenvalue weighted by molar-refractivity contribution is 5.12. The lowest BCUT2D eigenvalue weighted by atomic mass is 10.0. The lowest BCUT2D eigenvalue weighted by Gasteiger charge is -2.08. The highest BCUT2D eigenvalue weighted by atomic mass is 16.3. The van der Waals surface area contributed by atoms with Gasteiger partial charge in [0, 0.05) is 30.6 Å². The molecule has 0 saturated carbocycles. The standard InChI is InChI=1S/C15H23N5O/c1-10(15-5-4-12(3)21-15)6-13-8-20(19-18-13)9-14-7-11(2)16-17-14/h4-5,8,10-11,14,16-17H,6-7,9H2,1-3H3. The molecule has 3 atom stereocenters. The van der Waals surface area contributed by atoms with E-state index in [-0.39, 0.29) is 0 Å². The molecule has 0 radical (unpaired) electrons. The van der Waals surface area contributed by atoms with E-state index in [1.54, 1.807) is 0 Å². The molecule has 3 rings (SSSR count). The molecule has 1 aliphatic rings. The summed E-state index contributed by atoms with van der Waals surface area (Å²) in [6.07, 6.45) is 3.99. The van der Waals surface area contributed by atoms with Gasteiger partial charge in [-0.1, -0.05) is 12.1 Å². The fourth-order valence-electron chi connectivity index (χ4n) is 2.80. The van der Waals surface area contributed by atoms with Gasteiger partial charge in [-0.05, 0) is 32.4 Å². The molecule has 6 heteroatoms. The number of aromatic nitrogens is 3. The molecule has 1 aliphatic heterocycles. The van der Waals surface area contributed by atoms with E-state index in [1.165, 1.54) is 0 Å². The monoisotopic (exact) mass is 289 g/mol. The second kappa shape index (κ2) is 5.99. The number of hydrazine groups is 1. The number of hydrogen-bond donors (Lipinski definition) is 2. The van der Waals surface area contributed by atoms with Crippen molar-refractivity contribution in [3.05, 3.63) is 35.5 Å². The topological polar surface area (TPSA) is 67.9 Å². The van der Waals surface area contributed by atoms with Crippen molar-refractivity contribution in [3.8, 4) is 0 Å². The molecule has 6 nitrogen and oxygen atoms in total. The maximum Gasteiger partial charge on any atom is 0.107 e. The van der Waals surface area contributed by atoms with Gasteiger partial charge in [-0.2, -0.15) is 0 Å². The summed E-state index contributed by atoms with van der Waals surface area (Å²) in [4.78, 5) is 0. The molecule has 2 aromatic heterocycles. The molecule has 0 bridgehead atoms. The molecule has 21 heavy (non-hydrogen) atoms. The molecule has 3 heterocycles. The molecular weight excluding hydrogens is 266 g/mol. The van der Waals surface area contributed by atoms with E-state index in [0.717, 1.165) is 36.6 Å². The van der Waals surface area contributed by atoms with Crippen LogP contribution in [0, 0.1) is 6.92 Å². The number of nitrogens with one attached hydrogen (secondary N) is 2. The van der Waals surface area contributed by atoms with Gasteiger partial charge in [-0.3, -0.25) is 15.5 Å². The summed E-state index contributed by atoms with van der Waals surface area (Å²) in [5.41, 5.74) is 7.52. The van der Waals surface area contributed by atoms with E-state index in [9.17, 15) is 0 Å². The molecule has 1 fully saturated rings. The SMILES string of the molecule is Cc1ccc(C(C)Cc2cn(CC3CC(C)NN3)nn2)o1. The first-order valence-corrected chi connectivity index (χ1v) is 7.56. The Morgan fingerprint density at radius 2 is 2.29 bits per heavy atom. The Morgan fingerprint density at radius 1 is 1.43 bits per heavy atom. The molecule has 0 spiro atoms. The zero-order valence-electron chi connectivity index (χ0n) is 12.8. The Bertz CT molecular complexity index is 590. The predicted molar refractivity (Wildman–Crippen MR) is 79.7 cm³/mol. The maximum absolute atomic E-state index is 5.67. The van der Waals surface area contributed by atoms with E-state index in [1.807, 2.05) is 29.9 Å². The summed E-state index contributed by atoms with van der Waals surface area (Å²) in [6.45, 7) is 7.14. The zero-order chi connectivity index (χ0) is 14.8. The summed E-state index contributed by atoms with van der Waals surface area (Å²) in [6, 6.07) is 4.97. The molecule has 3 unspecified atom stereocenters. The van der Waals surface area contributed by atoms with Crippen LogP contribution in [0.4, 0.5) is 0 Å².